The normalized spacial score (nSPS) is 16.4. The Labute approximate surface area is 189 Å². The minimum Gasteiger partial charge on any atom is -0.471 e. The van der Waals surface area contributed by atoms with Crippen LogP contribution >= 0.6 is 0 Å². The Kier molecular flexibility index (Phi) is 5.78. The second kappa shape index (κ2) is 9.17. The third kappa shape index (κ3) is 4.46. The van der Waals surface area contributed by atoms with Crippen molar-refractivity contribution >= 4 is 17.1 Å². The number of hydrogen-bond acceptors (Lipinski definition) is 5. The van der Waals surface area contributed by atoms with Crippen molar-refractivity contribution in [1.29, 1.82) is 5.26 Å². The Morgan fingerprint density at radius 1 is 0.812 bits per heavy atom. The van der Waals surface area contributed by atoms with Gasteiger partial charge in [0, 0.05) is 49.7 Å². The monoisotopic (exact) mass is 422 g/mol. The average molecular weight is 423 g/mol. The summed E-state index contributed by atoms with van der Waals surface area (Å²) in [7, 11) is 0. The van der Waals surface area contributed by atoms with Crippen LogP contribution in [0.1, 0.15) is 16.7 Å². The van der Waals surface area contributed by atoms with Crippen LogP contribution < -0.4 is 9.80 Å². The molecule has 0 unspecified atom stereocenters. The van der Waals surface area contributed by atoms with E-state index in [9.17, 15) is 0 Å². The van der Waals surface area contributed by atoms with Gasteiger partial charge in [-0.1, -0.05) is 42.5 Å². The van der Waals surface area contributed by atoms with E-state index >= 15 is 0 Å². The highest BCUT2D eigenvalue weighted by molar-refractivity contribution is 5.68. The predicted octanol–water partition coefficient (Wildman–Crippen LogP) is 4.67. The van der Waals surface area contributed by atoms with Crippen LogP contribution in [0.3, 0.4) is 0 Å². The molecule has 1 fully saturated rings. The van der Waals surface area contributed by atoms with E-state index in [4.69, 9.17) is 10.00 Å². The zero-order chi connectivity index (χ0) is 21.8. The number of piperazine rings is 1. The van der Waals surface area contributed by atoms with Crippen molar-refractivity contribution in [2.45, 2.75) is 6.54 Å². The molecule has 0 saturated carbocycles. The van der Waals surface area contributed by atoms with E-state index in [1.54, 1.807) is 0 Å². The molecule has 2 aliphatic rings. The Bertz CT molecular complexity index is 1130. The maximum absolute atomic E-state index is 9.10. The van der Waals surface area contributed by atoms with Gasteiger partial charge in [0.1, 0.15) is 5.76 Å². The fourth-order valence-corrected chi connectivity index (χ4v) is 4.28. The fourth-order valence-electron chi connectivity index (χ4n) is 4.28. The second-order valence-electron chi connectivity index (χ2n) is 8.19. The maximum atomic E-state index is 9.10. The molecule has 5 nitrogen and oxygen atoms in total. The Hall–Kier alpha value is -3.75. The molecule has 5 rings (SSSR count). The van der Waals surface area contributed by atoms with Crippen molar-refractivity contribution in [1.82, 2.24) is 4.90 Å². The van der Waals surface area contributed by atoms with Gasteiger partial charge in [0.15, 0.2) is 6.73 Å². The summed E-state index contributed by atoms with van der Waals surface area (Å²) in [4.78, 5) is 7.04. The quantitative estimate of drug-likeness (QED) is 0.598. The van der Waals surface area contributed by atoms with Crippen molar-refractivity contribution in [2.24, 2.45) is 0 Å². The Morgan fingerprint density at radius 2 is 1.56 bits per heavy atom. The second-order valence-corrected chi connectivity index (χ2v) is 8.19. The topological polar surface area (TPSA) is 42.7 Å². The lowest BCUT2D eigenvalue weighted by atomic mass is 10.1. The van der Waals surface area contributed by atoms with Gasteiger partial charge >= 0.3 is 0 Å². The molecule has 0 radical (unpaired) electrons. The molecule has 32 heavy (non-hydrogen) atoms. The van der Waals surface area contributed by atoms with E-state index in [0.717, 1.165) is 55.3 Å². The molecule has 0 aromatic heterocycles. The summed E-state index contributed by atoms with van der Waals surface area (Å²) < 4.78 is 5.88. The highest BCUT2D eigenvalue weighted by atomic mass is 16.5. The summed E-state index contributed by atoms with van der Waals surface area (Å²) in [5.74, 6) is 0.908. The molecule has 3 aromatic rings. The Balaban J connectivity index is 1.18. The molecule has 3 aromatic carbocycles. The predicted molar refractivity (Wildman–Crippen MR) is 128 cm³/mol. The van der Waals surface area contributed by atoms with Gasteiger partial charge in [0.25, 0.3) is 0 Å². The van der Waals surface area contributed by atoms with Gasteiger partial charge in [-0.3, -0.25) is 4.90 Å². The number of nitriles is 1. The molecule has 0 spiro atoms. The van der Waals surface area contributed by atoms with Gasteiger partial charge in [0.2, 0.25) is 0 Å². The van der Waals surface area contributed by atoms with Gasteiger partial charge in [-0.15, -0.1) is 0 Å². The summed E-state index contributed by atoms with van der Waals surface area (Å²) >= 11 is 0. The SMILES string of the molecule is N#Cc1cccc(CN2CCN(c3ccc(N4C=C(c5ccccc5)OC4)cc3)CC2)c1. The number of nitrogens with zero attached hydrogens (tertiary/aromatic N) is 4. The summed E-state index contributed by atoms with van der Waals surface area (Å²) in [6.45, 7) is 5.47. The zero-order valence-electron chi connectivity index (χ0n) is 18.0. The lowest BCUT2D eigenvalue weighted by Crippen LogP contribution is -2.45. The van der Waals surface area contributed by atoms with Crippen molar-refractivity contribution in [3.05, 3.63) is 102 Å². The first-order valence-corrected chi connectivity index (χ1v) is 11.0. The van der Waals surface area contributed by atoms with Crippen molar-refractivity contribution in [3.8, 4) is 6.07 Å². The molecule has 0 N–H and O–H groups in total. The van der Waals surface area contributed by atoms with E-state index in [-0.39, 0.29) is 0 Å². The first kappa shape index (κ1) is 20.2. The van der Waals surface area contributed by atoms with Gasteiger partial charge in [-0.25, -0.2) is 0 Å². The highest BCUT2D eigenvalue weighted by Gasteiger charge is 2.19. The van der Waals surface area contributed by atoms with Crippen LogP contribution in [0.2, 0.25) is 0 Å². The lowest BCUT2D eigenvalue weighted by molar-refractivity contribution is 0.250. The third-order valence-electron chi connectivity index (χ3n) is 6.07. The first-order chi connectivity index (χ1) is 15.8. The van der Waals surface area contributed by atoms with E-state index in [0.29, 0.717) is 6.73 Å². The van der Waals surface area contributed by atoms with Crippen LogP contribution in [0.15, 0.2) is 85.1 Å². The van der Waals surface area contributed by atoms with E-state index in [1.165, 1.54) is 11.3 Å². The summed E-state index contributed by atoms with van der Waals surface area (Å²) in [5.41, 5.74) is 5.43. The average Bonchev–Trinajstić information content (AvgIpc) is 3.36. The van der Waals surface area contributed by atoms with Crippen LogP contribution in [-0.4, -0.2) is 37.8 Å². The first-order valence-electron chi connectivity index (χ1n) is 11.0. The highest BCUT2D eigenvalue weighted by Crippen LogP contribution is 2.28. The largest absolute Gasteiger partial charge is 0.471 e. The van der Waals surface area contributed by atoms with E-state index in [1.807, 2.05) is 36.4 Å². The lowest BCUT2D eigenvalue weighted by Gasteiger charge is -2.36. The van der Waals surface area contributed by atoms with E-state index in [2.05, 4.69) is 69.4 Å². The van der Waals surface area contributed by atoms with Gasteiger partial charge in [-0.2, -0.15) is 5.26 Å². The van der Waals surface area contributed by atoms with Gasteiger partial charge < -0.3 is 14.5 Å². The standard InChI is InChI=1S/C27H26N4O/c28-18-22-5-4-6-23(17-22)19-29-13-15-30(16-14-29)25-9-11-26(12-10-25)31-20-27(32-21-31)24-7-2-1-3-8-24/h1-12,17,20H,13-16,19,21H2. The van der Waals surface area contributed by atoms with Crippen molar-refractivity contribution < 1.29 is 4.74 Å². The third-order valence-corrected chi connectivity index (χ3v) is 6.07. The minimum atomic E-state index is 0.537. The Morgan fingerprint density at radius 3 is 2.31 bits per heavy atom. The van der Waals surface area contributed by atoms with Crippen LogP contribution in [0.4, 0.5) is 11.4 Å². The number of benzene rings is 3. The van der Waals surface area contributed by atoms with Crippen LogP contribution in [0.5, 0.6) is 0 Å². The molecule has 2 heterocycles. The number of ether oxygens (including phenoxy) is 1. The van der Waals surface area contributed by atoms with Gasteiger partial charge in [-0.05, 0) is 42.0 Å². The number of rotatable bonds is 5. The summed E-state index contributed by atoms with van der Waals surface area (Å²) in [6.07, 6.45) is 2.07. The molecule has 1 saturated heterocycles. The zero-order valence-corrected chi connectivity index (χ0v) is 18.0. The molecule has 5 heteroatoms. The summed E-state index contributed by atoms with van der Waals surface area (Å²) in [5, 5.41) is 9.10. The summed E-state index contributed by atoms with van der Waals surface area (Å²) in [6, 6.07) is 29.1. The molecule has 160 valence electrons. The molecule has 2 aliphatic heterocycles. The fraction of sp³-hybridized carbons (Fsp3) is 0.222. The molecule has 0 bridgehead atoms. The minimum absolute atomic E-state index is 0.537. The number of hydrogen-bond donors (Lipinski definition) is 0. The smallest absolute Gasteiger partial charge is 0.165 e. The molecular formula is C27H26N4O. The van der Waals surface area contributed by atoms with Crippen LogP contribution in [0.25, 0.3) is 5.76 Å². The molecule has 0 aliphatic carbocycles. The van der Waals surface area contributed by atoms with Crippen molar-refractivity contribution in [3.63, 3.8) is 0 Å². The van der Waals surface area contributed by atoms with Crippen molar-refractivity contribution in [2.75, 3.05) is 42.7 Å². The molecular weight excluding hydrogens is 396 g/mol. The number of anilines is 2. The van der Waals surface area contributed by atoms with Crippen LogP contribution in [0, 0.1) is 11.3 Å². The van der Waals surface area contributed by atoms with Gasteiger partial charge in [0.05, 0.1) is 17.8 Å². The van der Waals surface area contributed by atoms with E-state index < -0.39 is 0 Å². The van der Waals surface area contributed by atoms with Crippen LogP contribution in [-0.2, 0) is 11.3 Å². The molecule has 0 atom stereocenters. The molecule has 0 amide bonds. The maximum Gasteiger partial charge on any atom is 0.165 e.